The first-order chi connectivity index (χ1) is 9.17. The van der Waals surface area contributed by atoms with Gasteiger partial charge in [0.2, 0.25) is 0 Å². The Morgan fingerprint density at radius 2 is 2.32 bits per heavy atom. The first-order valence-electron chi connectivity index (χ1n) is 6.85. The van der Waals surface area contributed by atoms with Gasteiger partial charge in [-0.1, -0.05) is 19.1 Å². The number of nitrogens with zero attached hydrogens (tertiary/aromatic N) is 2. The molecule has 1 aromatic carbocycles. The number of likely N-dealkylation sites (tertiary alicyclic amines) is 1. The van der Waals surface area contributed by atoms with Gasteiger partial charge in [0.1, 0.15) is 0 Å². The molecule has 0 amide bonds. The molecule has 1 aliphatic rings. The van der Waals surface area contributed by atoms with E-state index >= 15 is 0 Å². The molecule has 2 N–H and O–H groups in total. The van der Waals surface area contributed by atoms with Crippen molar-refractivity contribution in [2.75, 3.05) is 19.6 Å². The number of hydrogen-bond acceptors (Lipinski definition) is 4. The Bertz CT molecular complexity index is 438. The van der Waals surface area contributed by atoms with Crippen molar-refractivity contribution in [1.29, 1.82) is 0 Å². The standard InChI is InChI=1S/C14H21N3O2/c1-2-16-8-4-6-12(10-15)14(16)11-5-3-7-13(9-11)17(18)19/h3,5,7,9,12,14H,2,4,6,8,10,15H2,1H3. The van der Waals surface area contributed by atoms with E-state index in [1.54, 1.807) is 18.2 Å². The molecule has 2 atom stereocenters. The number of nitro benzene ring substituents is 1. The van der Waals surface area contributed by atoms with Crippen molar-refractivity contribution in [2.24, 2.45) is 11.7 Å². The average molecular weight is 263 g/mol. The fourth-order valence-corrected chi connectivity index (χ4v) is 3.06. The molecule has 1 heterocycles. The lowest BCUT2D eigenvalue weighted by atomic mass is 9.84. The third-order valence-corrected chi connectivity index (χ3v) is 3.99. The molecular weight excluding hydrogens is 242 g/mol. The van der Waals surface area contributed by atoms with Gasteiger partial charge in [-0.25, -0.2) is 0 Å². The van der Waals surface area contributed by atoms with Crippen molar-refractivity contribution in [2.45, 2.75) is 25.8 Å². The van der Waals surface area contributed by atoms with E-state index in [-0.39, 0.29) is 16.7 Å². The fraction of sp³-hybridized carbons (Fsp3) is 0.571. The van der Waals surface area contributed by atoms with Gasteiger partial charge in [-0.05, 0) is 44.0 Å². The molecule has 1 saturated heterocycles. The molecule has 1 aliphatic heterocycles. The Hall–Kier alpha value is -1.46. The summed E-state index contributed by atoms with van der Waals surface area (Å²) in [4.78, 5) is 12.9. The molecule has 1 aromatic rings. The lowest BCUT2D eigenvalue weighted by molar-refractivity contribution is -0.385. The minimum Gasteiger partial charge on any atom is -0.330 e. The van der Waals surface area contributed by atoms with E-state index < -0.39 is 0 Å². The number of rotatable bonds is 4. The van der Waals surface area contributed by atoms with Crippen LogP contribution in [0.4, 0.5) is 5.69 Å². The zero-order chi connectivity index (χ0) is 13.8. The van der Waals surface area contributed by atoms with Gasteiger partial charge < -0.3 is 5.73 Å². The summed E-state index contributed by atoms with van der Waals surface area (Å²) >= 11 is 0. The van der Waals surface area contributed by atoms with Crippen molar-refractivity contribution in [3.63, 3.8) is 0 Å². The molecule has 2 unspecified atom stereocenters. The molecule has 104 valence electrons. The summed E-state index contributed by atoms with van der Waals surface area (Å²) in [6.07, 6.45) is 2.25. The third-order valence-electron chi connectivity index (χ3n) is 3.99. The normalized spacial score (nSPS) is 24.3. The maximum Gasteiger partial charge on any atom is 0.269 e. The first-order valence-corrected chi connectivity index (χ1v) is 6.85. The Balaban J connectivity index is 2.34. The molecule has 0 spiro atoms. The number of nitro groups is 1. The summed E-state index contributed by atoms with van der Waals surface area (Å²) < 4.78 is 0. The van der Waals surface area contributed by atoms with Crippen LogP contribution in [0.2, 0.25) is 0 Å². The largest absolute Gasteiger partial charge is 0.330 e. The van der Waals surface area contributed by atoms with E-state index in [0.717, 1.165) is 31.5 Å². The lowest BCUT2D eigenvalue weighted by Crippen LogP contribution is -2.41. The van der Waals surface area contributed by atoms with Crippen molar-refractivity contribution in [1.82, 2.24) is 4.90 Å². The van der Waals surface area contributed by atoms with Crippen LogP contribution in [-0.4, -0.2) is 29.5 Å². The third kappa shape index (κ3) is 2.93. The van der Waals surface area contributed by atoms with E-state index in [0.29, 0.717) is 12.5 Å². The smallest absolute Gasteiger partial charge is 0.269 e. The Morgan fingerprint density at radius 1 is 1.53 bits per heavy atom. The lowest BCUT2D eigenvalue weighted by Gasteiger charge is -2.40. The van der Waals surface area contributed by atoms with Crippen LogP contribution < -0.4 is 5.73 Å². The number of nitrogens with two attached hydrogens (primary N) is 1. The quantitative estimate of drug-likeness (QED) is 0.668. The number of piperidine rings is 1. The zero-order valence-electron chi connectivity index (χ0n) is 11.3. The minimum absolute atomic E-state index is 0.162. The molecular formula is C14H21N3O2. The van der Waals surface area contributed by atoms with Crippen LogP contribution in [0.3, 0.4) is 0 Å². The van der Waals surface area contributed by atoms with Crippen molar-refractivity contribution in [3.8, 4) is 0 Å². The van der Waals surface area contributed by atoms with E-state index in [4.69, 9.17) is 5.73 Å². The molecule has 0 bridgehead atoms. The van der Waals surface area contributed by atoms with Crippen LogP contribution in [0.5, 0.6) is 0 Å². The number of hydrogen-bond donors (Lipinski definition) is 1. The predicted octanol–water partition coefficient (Wildman–Crippen LogP) is 2.33. The highest BCUT2D eigenvalue weighted by Gasteiger charge is 2.31. The van der Waals surface area contributed by atoms with Crippen LogP contribution in [-0.2, 0) is 0 Å². The molecule has 0 saturated carbocycles. The minimum atomic E-state index is -0.333. The monoisotopic (exact) mass is 263 g/mol. The molecule has 2 rings (SSSR count). The summed E-state index contributed by atoms with van der Waals surface area (Å²) in [5.41, 5.74) is 7.07. The van der Waals surface area contributed by atoms with Crippen LogP contribution in [0.15, 0.2) is 24.3 Å². The van der Waals surface area contributed by atoms with E-state index in [1.807, 2.05) is 6.07 Å². The van der Waals surface area contributed by atoms with Crippen molar-refractivity contribution < 1.29 is 4.92 Å². The molecule has 5 heteroatoms. The summed E-state index contributed by atoms with van der Waals surface area (Å²) in [6.45, 7) is 4.75. The number of non-ortho nitro benzene ring substituents is 1. The molecule has 0 aromatic heterocycles. The topological polar surface area (TPSA) is 72.4 Å². The highest BCUT2D eigenvalue weighted by atomic mass is 16.6. The van der Waals surface area contributed by atoms with E-state index in [1.165, 1.54) is 0 Å². The van der Waals surface area contributed by atoms with Gasteiger partial charge in [0, 0.05) is 18.2 Å². The highest BCUT2D eigenvalue weighted by Crippen LogP contribution is 2.36. The van der Waals surface area contributed by atoms with Gasteiger partial charge in [0.15, 0.2) is 0 Å². The van der Waals surface area contributed by atoms with Crippen LogP contribution >= 0.6 is 0 Å². The summed E-state index contributed by atoms with van der Waals surface area (Å²) in [5.74, 6) is 0.385. The van der Waals surface area contributed by atoms with Gasteiger partial charge in [0.25, 0.3) is 5.69 Å². The van der Waals surface area contributed by atoms with Crippen LogP contribution in [0, 0.1) is 16.0 Å². The fourth-order valence-electron chi connectivity index (χ4n) is 3.06. The Kier molecular flexibility index (Phi) is 4.50. The molecule has 19 heavy (non-hydrogen) atoms. The maximum atomic E-state index is 10.9. The van der Waals surface area contributed by atoms with Crippen molar-refractivity contribution in [3.05, 3.63) is 39.9 Å². The summed E-state index contributed by atoms with van der Waals surface area (Å²) in [6, 6.07) is 7.20. The Labute approximate surface area is 113 Å². The molecule has 0 aliphatic carbocycles. The van der Waals surface area contributed by atoms with Crippen LogP contribution in [0.1, 0.15) is 31.4 Å². The number of benzene rings is 1. The van der Waals surface area contributed by atoms with Crippen LogP contribution in [0.25, 0.3) is 0 Å². The zero-order valence-corrected chi connectivity index (χ0v) is 11.3. The molecule has 1 fully saturated rings. The predicted molar refractivity (Wildman–Crippen MR) is 74.9 cm³/mol. The second kappa shape index (κ2) is 6.12. The molecule has 5 nitrogen and oxygen atoms in total. The second-order valence-electron chi connectivity index (χ2n) is 5.06. The van der Waals surface area contributed by atoms with Crippen molar-refractivity contribution >= 4 is 5.69 Å². The summed E-state index contributed by atoms with van der Waals surface area (Å²) in [5, 5.41) is 10.9. The van der Waals surface area contributed by atoms with Gasteiger partial charge in [-0.15, -0.1) is 0 Å². The van der Waals surface area contributed by atoms with E-state index in [2.05, 4.69) is 11.8 Å². The van der Waals surface area contributed by atoms with E-state index in [9.17, 15) is 10.1 Å². The molecule has 0 radical (unpaired) electrons. The van der Waals surface area contributed by atoms with Gasteiger partial charge in [-0.3, -0.25) is 15.0 Å². The van der Waals surface area contributed by atoms with Gasteiger partial charge >= 0.3 is 0 Å². The van der Waals surface area contributed by atoms with Gasteiger partial charge in [0.05, 0.1) is 4.92 Å². The second-order valence-corrected chi connectivity index (χ2v) is 5.06. The Morgan fingerprint density at radius 3 is 2.95 bits per heavy atom. The SMILES string of the molecule is CCN1CCCC(CN)C1c1cccc([N+](=O)[O-])c1. The van der Waals surface area contributed by atoms with Gasteiger partial charge in [-0.2, -0.15) is 0 Å². The first kappa shape index (κ1) is 14.0. The summed E-state index contributed by atoms with van der Waals surface area (Å²) in [7, 11) is 0. The average Bonchev–Trinajstić information content (AvgIpc) is 2.46. The highest BCUT2D eigenvalue weighted by molar-refractivity contribution is 5.36. The maximum absolute atomic E-state index is 10.9.